The first-order chi connectivity index (χ1) is 9.74. The Hall–Kier alpha value is -1.48. The molecule has 1 aromatic carbocycles. The van der Waals surface area contributed by atoms with Crippen LogP contribution in [-0.4, -0.2) is 9.97 Å². The molecule has 0 saturated carbocycles. The van der Waals surface area contributed by atoms with Gasteiger partial charge in [-0.05, 0) is 24.5 Å². The molecule has 0 spiro atoms. The molecule has 0 aliphatic carbocycles. The standard InChI is InChI=1S/C17H25N3/c1-3-5-8-13(4-2)11-14(18)17-12-19-15-9-6-7-10-16(15)20-17/h6-7,9-10,12-14H,3-5,8,11,18H2,1-2H3. The summed E-state index contributed by atoms with van der Waals surface area (Å²) in [7, 11) is 0. The molecule has 0 radical (unpaired) electrons. The van der Waals surface area contributed by atoms with E-state index in [0.717, 1.165) is 23.1 Å². The van der Waals surface area contributed by atoms with Crippen LogP contribution in [0.15, 0.2) is 30.5 Å². The van der Waals surface area contributed by atoms with Crippen molar-refractivity contribution in [1.29, 1.82) is 0 Å². The normalized spacial score (nSPS) is 14.3. The van der Waals surface area contributed by atoms with E-state index < -0.39 is 0 Å². The summed E-state index contributed by atoms with van der Waals surface area (Å²) in [4.78, 5) is 9.11. The van der Waals surface area contributed by atoms with Gasteiger partial charge in [0.25, 0.3) is 0 Å². The molecule has 108 valence electrons. The highest BCUT2D eigenvalue weighted by Crippen LogP contribution is 2.24. The number of benzene rings is 1. The Labute approximate surface area is 121 Å². The van der Waals surface area contributed by atoms with Crippen LogP contribution in [-0.2, 0) is 0 Å². The number of para-hydroxylation sites is 2. The highest BCUT2D eigenvalue weighted by molar-refractivity contribution is 5.73. The zero-order valence-electron chi connectivity index (χ0n) is 12.5. The van der Waals surface area contributed by atoms with E-state index in [2.05, 4.69) is 23.8 Å². The van der Waals surface area contributed by atoms with Gasteiger partial charge in [0.05, 0.1) is 22.9 Å². The summed E-state index contributed by atoms with van der Waals surface area (Å²) in [5, 5.41) is 0. The number of nitrogens with two attached hydrogens (primary N) is 1. The second-order valence-electron chi connectivity index (χ2n) is 5.54. The van der Waals surface area contributed by atoms with Gasteiger partial charge in [-0.3, -0.25) is 4.98 Å². The molecule has 2 atom stereocenters. The molecule has 20 heavy (non-hydrogen) atoms. The van der Waals surface area contributed by atoms with E-state index in [-0.39, 0.29) is 6.04 Å². The minimum absolute atomic E-state index is 0.00564. The van der Waals surface area contributed by atoms with Gasteiger partial charge in [0.1, 0.15) is 0 Å². The second-order valence-corrected chi connectivity index (χ2v) is 5.54. The number of aromatic nitrogens is 2. The monoisotopic (exact) mass is 271 g/mol. The van der Waals surface area contributed by atoms with Crippen LogP contribution >= 0.6 is 0 Å². The third kappa shape index (κ3) is 3.76. The zero-order valence-corrected chi connectivity index (χ0v) is 12.5. The van der Waals surface area contributed by atoms with Crippen LogP contribution in [0.25, 0.3) is 11.0 Å². The Balaban J connectivity index is 2.07. The average Bonchev–Trinajstić information content (AvgIpc) is 2.50. The van der Waals surface area contributed by atoms with Crippen molar-refractivity contribution in [3.05, 3.63) is 36.2 Å². The number of rotatable bonds is 7. The van der Waals surface area contributed by atoms with Crippen LogP contribution in [0.5, 0.6) is 0 Å². The Bertz CT molecular complexity index is 539. The molecule has 0 amide bonds. The molecule has 3 nitrogen and oxygen atoms in total. The van der Waals surface area contributed by atoms with Gasteiger partial charge in [0.2, 0.25) is 0 Å². The van der Waals surface area contributed by atoms with Gasteiger partial charge < -0.3 is 5.73 Å². The minimum atomic E-state index is -0.00564. The van der Waals surface area contributed by atoms with E-state index in [4.69, 9.17) is 5.73 Å². The lowest BCUT2D eigenvalue weighted by atomic mass is 9.91. The summed E-state index contributed by atoms with van der Waals surface area (Å²) in [5.41, 5.74) is 9.11. The van der Waals surface area contributed by atoms with Crippen LogP contribution in [0, 0.1) is 5.92 Å². The molecular formula is C17H25N3. The molecule has 0 fully saturated rings. The Kier molecular flexibility index (Phi) is 5.48. The lowest BCUT2D eigenvalue weighted by Gasteiger charge is -2.19. The molecule has 1 heterocycles. The molecule has 0 aliphatic rings. The van der Waals surface area contributed by atoms with Gasteiger partial charge in [-0.2, -0.15) is 0 Å². The number of hydrogen-bond donors (Lipinski definition) is 1. The summed E-state index contributed by atoms with van der Waals surface area (Å²) in [5.74, 6) is 0.693. The summed E-state index contributed by atoms with van der Waals surface area (Å²) >= 11 is 0. The second kappa shape index (κ2) is 7.34. The van der Waals surface area contributed by atoms with Crippen LogP contribution in [0.1, 0.15) is 57.7 Å². The summed E-state index contributed by atoms with van der Waals surface area (Å²) in [6.45, 7) is 4.49. The largest absolute Gasteiger partial charge is 0.323 e. The Morgan fingerprint density at radius 3 is 2.60 bits per heavy atom. The number of unbranched alkanes of at least 4 members (excludes halogenated alkanes) is 1. The highest BCUT2D eigenvalue weighted by Gasteiger charge is 2.15. The van der Waals surface area contributed by atoms with Gasteiger partial charge in [-0.25, -0.2) is 4.98 Å². The molecule has 0 bridgehead atoms. The van der Waals surface area contributed by atoms with Crippen molar-refractivity contribution in [3.63, 3.8) is 0 Å². The maximum Gasteiger partial charge on any atom is 0.0890 e. The molecule has 3 heteroatoms. The fourth-order valence-corrected chi connectivity index (χ4v) is 2.61. The van der Waals surface area contributed by atoms with E-state index in [1.54, 1.807) is 0 Å². The number of nitrogens with zero attached hydrogens (tertiary/aromatic N) is 2. The quantitative estimate of drug-likeness (QED) is 0.819. The highest BCUT2D eigenvalue weighted by atomic mass is 14.8. The minimum Gasteiger partial charge on any atom is -0.323 e. The smallest absolute Gasteiger partial charge is 0.0890 e. The fraction of sp³-hybridized carbons (Fsp3) is 0.529. The first kappa shape index (κ1) is 14.9. The van der Waals surface area contributed by atoms with E-state index in [9.17, 15) is 0 Å². The first-order valence-corrected chi connectivity index (χ1v) is 7.71. The Morgan fingerprint density at radius 1 is 1.15 bits per heavy atom. The van der Waals surface area contributed by atoms with E-state index in [0.29, 0.717) is 5.92 Å². The molecule has 2 unspecified atom stereocenters. The third-order valence-corrected chi connectivity index (χ3v) is 3.98. The van der Waals surface area contributed by atoms with Crippen molar-refractivity contribution in [2.45, 2.75) is 52.0 Å². The topological polar surface area (TPSA) is 51.8 Å². The molecule has 0 saturated heterocycles. The zero-order chi connectivity index (χ0) is 14.4. The van der Waals surface area contributed by atoms with Crippen molar-refractivity contribution in [1.82, 2.24) is 9.97 Å². The SMILES string of the molecule is CCCCC(CC)CC(N)c1cnc2ccccc2n1. The molecule has 0 aliphatic heterocycles. The van der Waals surface area contributed by atoms with Gasteiger partial charge in [0, 0.05) is 6.04 Å². The van der Waals surface area contributed by atoms with Crippen LogP contribution in [0.3, 0.4) is 0 Å². The van der Waals surface area contributed by atoms with Crippen molar-refractivity contribution in [2.75, 3.05) is 0 Å². The van der Waals surface area contributed by atoms with E-state index >= 15 is 0 Å². The van der Waals surface area contributed by atoms with E-state index in [1.807, 2.05) is 30.5 Å². The van der Waals surface area contributed by atoms with Crippen molar-refractivity contribution < 1.29 is 0 Å². The Morgan fingerprint density at radius 2 is 1.90 bits per heavy atom. The van der Waals surface area contributed by atoms with Crippen molar-refractivity contribution >= 4 is 11.0 Å². The predicted octanol–water partition coefficient (Wildman–Crippen LogP) is 4.24. The van der Waals surface area contributed by atoms with Gasteiger partial charge in [0.15, 0.2) is 0 Å². The summed E-state index contributed by atoms with van der Waals surface area (Å²) in [6.07, 6.45) is 7.83. The fourth-order valence-electron chi connectivity index (χ4n) is 2.61. The maximum absolute atomic E-state index is 6.33. The van der Waals surface area contributed by atoms with Crippen LogP contribution in [0.4, 0.5) is 0 Å². The summed E-state index contributed by atoms with van der Waals surface area (Å²) < 4.78 is 0. The summed E-state index contributed by atoms with van der Waals surface area (Å²) in [6, 6.07) is 7.94. The molecule has 1 aromatic heterocycles. The van der Waals surface area contributed by atoms with Gasteiger partial charge in [-0.15, -0.1) is 0 Å². The number of fused-ring (bicyclic) bond motifs is 1. The van der Waals surface area contributed by atoms with Crippen molar-refractivity contribution in [2.24, 2.45) is 11.7 Å². The van der Waals surface area contributed by atoms with Crippen LogP contribution in [0.2, 0.25) is 0 Å². The van der Waals surface area contributed by atoms with Gasteiger partial charge >= 0.3 is 0 Å². The first-order valence-electron chi connectivity index (χ1n) is 7.71. The molecule has 2 aromatic rings. The molecular weight excluding hydrogens is 246 g/mol. The van der Waals surface area contributed by atoms with Crippen LogP contribution < -0.4 is 5.73 Å². The lowest BCUT2D eigenvalue weighted by Crippen LogP contribution is -2.17. The van der Waals surface area contributed by atoms with E-state index in [1.165, 1.54) is 25.7 Å². The third-order valence-electron chi connectivity index (χ3n) is 3.98. The molecule has 2 rings (SSSR count). The van der Waals surface area contributed by atoms with Crippen molar-refractivity contribution in [3.8, 4) is 0 Å². The number of hydrogen-bond acceptors (Lipinski definition) is 3. The average molecular weight is 271 g/mol. The maximum atomic E-state index is 6.33. The molecule has 2 N–H and O–H groups in total. The predicted molar refractivity (Wildman–Crippen MR) is 84.4 cm³/mol. The lowest BCUT2D eigenvalue weighted by molar-refractivity contribution is 0.385. The van der Waals surface area contributed by atoms with Gasteiger partial charge in [-0.1, -0.05) is 51.7 Å².